The molecule has 21 heavy (non-hydrogen) atoms. The summed E-state index contributed by atoms with van der Waals surface area (Å²) in [6.07, 6.45) is 1.65. The predicted octanol–water partition coefficient (Wildman–Crippen LogP) is 2.34. The van der Waals surface area contributed by atoms with Crippen molar-refractivity contribution in [2.45, 2.75) is 25.3 Å². The number of unbranched alkanes of at least 4 members (excludes halogenated alkanes) is 1. The van der Waals surface area contributed by atoms with E-state index in [0.29, 0.717) is 6.42 Å². The summed E-state index contributed by atoms with van der Waals surface area (Å²) >= 11 is 0. The van der Waals surface area contributed by atoms with E-state index in [1.807, 2.05) is 36.2 Å². The second kappa shape index (κ2) is 10.4. The van der Waals surface area contributed by atoms with Crippen LogP contribution in [0.3, 0.4) is 0 Å². The third-order valence-corrected chi connectivity index (χ3v) is 3.36. The van der Waals surface area contributed by atoms with E-state index >= 15 is 0 Å². The predicted molar refractivity (Wildman–Crippen MR) is 84.2 cm³/mol. The molecule has 5 nitrogen and oxygen atoms in total. The quantitative estimate of drug-likeness (QED) is 0.684. The summed E-state index contributed by atoms with van der Waals surface area (Å²) < 4.78 is 5.11. The van der Waals surface area contributed by atoms with Crippen LogP contribution in [0.15, 0.2) is 24.3 Å². The van der Waals surface area contributed by atoms with E-state index in [9.17, 15) is 9.90 Å². The van der Waals surface area contributed by atoms with Crippen LogP contribution in [0.25, 0.3) is 0 Å². The highest BCUT2D eigenvalue weighted by molar-refractivity contribution is 5.85. The summed E-state index contributed by atoms with van der Waals surface area (Å²) in [5.41, 5.74) is 1.02. The summed E-state index contributed by atoms with van der Waals surface area (Å²) in [6.45, 7) is 0.784. The number of aliphatic carboxylic acids is 1. The van der Waals surface area contributed by atoms with Gasteiger partial charge in [0.15, 0.2) is 0 Å². The van der Waals surface area contributed by atoms with Crippen molar-refractivity contribution >= 4 is 18.4 Å². The van der Waals surface area contributed by atoms with Crippen LogP contribution >= 0.6 is 12.4 Å². The number of carbonyl (C=O) groups is 1. The molecule has 1 aromatic carbocycles. The van der Waals surface area contributed by atoms with Crippen LogP contribution in [0, 0.1) is 0 Å². The van der Waals surface area contributed by atoms with Gasteiger partial charge in [0.05, 0.1) is 19.8 Å². The number of ether oxygens (including phenoxy) is 1. The minimum Gasteiger partial charge on any atom is -0.497 e. The Hall–Kier alpha value is -1.30. The lowest BCUT2D eigenvalue weighted by Gasteiger charge is -2.26. The zero-order chi connectivity index (χ0) is 15.0. The van der Waals surface area contributed by atoms with E-state index in [-0.39, 0.29) is 31.5 Å². The molecule has 0 aromatic heterocycles. The average Bonchev–Trinajstić information content (AvgIpc) is 2.45. The molecule has 0 saturated heterocycles. The van der Waals surface area contributed by atoms with Gasteiger partial charge in [-0.05, 0) is 44.1 Å². The van der Waals surface area contributed by atoms with Gasteiger partial charge in [-0.2, -0.15) is 0 Å². The van der Waals surface area contributed by atoms with E-state index in [1.165, 1.54) is 0 Å². The number of methoxy groups -OCH3 is 1. The Morgan fingerprint density at radius 2 is 1.90 bits per heavy atom. The number of hydrogen-bond acceptors (Lipinski definition) is 4. The highest BCUT2D eigenvalue weighted by atomic mass is 35.5. The summed E-state index contributed by atoms with van der Waals surface area (Å²) in [4.78, 5) is 12.5. The number of carboxylic acid groups (broad SMARTS) is 1. The van der Waals surface area contributed by atoms with Crippen molar-refractivity contribution in [1.82, 2.24) is 4.90 Å². The van der Waals surface area contributed by atoms with Crippen LogP contribution in [0.5, 0.6) is 5.75 Å². The number of rotatable bonds is 9. The van der Waals surface area contributed by atoms with Crippen LogP contribution in [0.4, 0.5) is 0 Å². The Labute approximate surface area is 131 Å². The maximum Gasteiger partial charge on any atom is 0.303 e. The first-order chi connectivity index (χ1) is 9.58. The Balaban J connectivity index is 0.00000400. The number of carboxylic acids is 1. The number of benzene rings is 1. The summed E-state index contributed by atoms with van der Waals surface area (Å²) in [5, 5.41) is 18.2. The molecule has 1 unspecified atom stereocenters. The van der Waals surface area contributed by atoms with Crippen LogP contribution < -0.4 is 4.74 Å². The van der Waals surface area contributed by atoms with Gasteiger partial charge < -0.3 is 14.9 Å². The molecule has 1 aromatic rings. The molecule has 120 valence electrons. The highest BCUT2D eigenvalue weighted by Gasteiger charge is 2.15. The molecular weight excluding hydrogens is 294 g/mol. The molecule has 1 atom stereocenters. The molecule has 6 heteroatoms. The minimum absolute atomic E-state index is 0. The van der Waals surface area contributed by atoms with E-state index in [2.05, 4.69) is 0 Å². The van der Waals surface area contributed by atoms with Gasteiger partial charge in [0.25, 0.3) is 0 Å². The Morgan fingerprint density at radius 1 is 1.29 bits per heavy atom. The molecular formula is C15H24ClNO4. The van der Waals surface area contributed by atoms with Crippen LogP contribution in [-0.4, -0.2) is 48.4 Å². The van der Waals surface area contributed by atoms with Crippen LogP contribution in [0.1, 0.15) is 30.9 Å². The second-order valence-electron chi connectivity index (χ2n) is 4.80. The Morgan fingerprint density at radius 3 is 2.38 bits per heavy atom. The van der Waals surface area contributed by atoms with Gasteiger partial charge in [-0.25, -0.2) is 0 Å². The Kier molecular flexibility index (Phi) is 9.78. The zero-order valence-corrected chi connectivity index (χ0v) is 13.3. The standard InChI is InChI=1S/C15H23NO4.ClH/c1-16(10-4-3-5-15(18)19)14(11-17)12-6-8-13(20-2)9-7-12;/h6-9,14,17H,3-5,10-11H2,1-2H3,(H,18,19);1H. The smallest absolute Gasteiger partial charge is 0.303 e. The normalized spacial score (nSPS) is 11.8. The number of nitrogens with zero attached hydrogens (tertiary/aromatic N) is 1. The van der Waals surface area contributed by atoms with E-state index < -0.39 is 5.97 Å². The topological polar surface area (TPSA) is 70.0 Å². The Bertz CT molecular complexity index is 411. The molecule has 0 amide bonds. The maximum absolute atomic E-state index is 10.5. The molecule has 0 aliphatic heterocycles. The van der Waals surface area contributed by atoms with Gasteiger partial charge in [0.1, 0.15) is 5.75 Å². The largest absolute Gasteiger partial charge is 0.497 e. The first-order valence-corrected chi connectivity index (χ1v) is 6.75. The van der Waals surface area contributed by atoms with Crippen molar-refractivity contribution in [2.75, 3.05) is 27.3 Å². The third-order valence-electron chi connectivity index (χ3n) is 3.36. The number of likely N-dealkylation sites (N-methyl/N-ethyl adjacent to an activating group) is 1. The molecule has 0 heterocycles. The number of aliphatic hydroxyl groups excluding tert-OH is 1. The van der Waals surface area contributed by atoms with Gasteiger partial charge in [-0.15, -0.1) is 12.4 Å². The van der Waals surface area contributed by atoms with Gasteiger partial charge >= 0.3 is 5.97 Å². The first kappa shape index (κ1) is 19.7. The molecule has 0 saturated carbocycles. The lowest BCUT2D eigenvalue weighted by Crippen LogP contribution is -2.28. The highest BCUT2D eigenvalue weighted by Crippen LogP contribution is 2.22. The van der Waals surface area contributed by atoms with E-state index in [4.69, 9.17) is 9.84 Å². The lowest BCUT2D eigenvalue weighted by atomic mass is 10.1. The minimum atomic E-state index is -0.762. The number of aliphatic hydroxyl groups is 1. The molecule has 0 aliphatic rings. The fraction of sp³-hybridized carbons (Fsp3) is 0.533. The van der Waals surface area contributed by atoms with E-state index in [0.717, 1.165) is 24.3 Å². The van der Waals surface area contributed by atoms with Crippen molar-refractivity contribution in [3.05, 3.63) is 29.8 Å². The molecule has 0 bridgehead atoms. The maximum atomic E-state index is 10.5. The molecule has 1 rings (SSSR count). The van der Waals surface area contributed by atoms with Gasteiger partial charge in [-0.1, -0.05) is 12.1 Å². The summed E-state index contributed by atoms with van der Waals surface area (Å²) in [5.74, 6) is 0.0241. The molecule has 0 aliphatic carbocycles. The van der Waals surface area contributed by atoms with Gasteiger partial charge in [0, 0.05) is 6.42 Å². The zero-order valence-electron chi connectivity index (χ0n) is 12.5. The van der Waals surface area contributed by atoms with Gasteiger partial charge in [0.2, 0.25) is 0 Å². The van der Waals surface area contributed by atoms with Crippen molar-refractivity contribution in [3.8, 4) is 5.75 Å². The van der Waals surface area contributed by atoms with Crippen LogP contribution in [0.2, 0.25) is 0 Å². The fourth-order valence-electron chi connectivity index (χ4n) is 2.12. The summed E-state index contributed by atoms with van der Waals surface area (Å²) in [7, 11) is 3.55. The van der Waals surface area contributed by atoms with Crippen molar-refractivity contribution in [2.24, 2.45) is 0 Å². The third kappa shape index (κ3) is 6.80. The van der Waals surface area contributed by atoms with Gasteiger partial charge in [-0.3, -0.25) is 9.69 Å². The molecule has 0 spiro atoms. The van der Waals surface area contributed by atoms with Crippen LogP contribution in [-0.2, 0) is 4.79 Å². The molecule has 0 fully saturated rings. The second-order valence-corrected chi connectivity index (χ2v) is 4.80. The number of halogens is 1. The first-order valence-electron chi connectivity index (χ1n) is 6.75. The van der Waals surface area contributed by atoms with E-state index in [1.54, 1.807) is 7.11 Å². The molecule has 0 radical (unpaired) electrons. The molecule has 2 N–H and O–H groups in total. The summed E-state index contributed by atoms with van der Waals surface area (Å²) in [6, 6.07) is 7.54. The fourth-order valence-corrected chi connectivity index (χ4v) is 2.12. The number of hydrogen-bond donors (Lipinski definition) is 2. The lowest BCUT2D eigenvalue weighted by molar-refractivity contribution is -0.137. The van der Waals surface area contributed by atoms with Crippen molar-refractivity contribution < 1.29 is 19.7 Å². The van der Waals surface area contributed by atoms with Crippen molar-refractivity contribution in [3.63, 3.8) is 0 Å². The SMILES string of the molecule is COc1ccc(C(CO)N(C)CCCCC(=O)O)cc1.Cl. The van der Waals surface area contributed by atoms with Crippen molar-refractivity contribution in [1.29, 1.82) is 0 Å². The monoisotopic (exact) mass is 317 g/mol. The average molecular weight is 318 g/mol.